The molecule has 0 radical (unpaired) electrons. The molecule has 0 saturated heterocycles. The second-order valence-electron chi connectivity index (χ2n) is 4.40. The third kappa shape index (κ3) is 3.08. The topological polar surface area (TPSA) is 83.6 Å². The lowest BCUT2D eigenvalue weighted by Gasteiger charge is -2.06. The third-order valence-corrected chi connectivity index (χ3v) is 3.67. The first-order valence-electron chi connectivity index (χ1n) is 6.24. The van der Waals surface area contributed by atoms with E-state index < -0.39 is 0 Å². The molecule has 0 unspecified atom stereocenters. The van der Waals surface area contributed by atoms with Gasteiger partial charge < -0.3 is 5.32 Å². The third-order valence-electron chi connectivity index (χ3n) is 2.93. The zero-order valence-corrected chi connectivity index (χ0v) is 12.6. The Balaban J connectivity index is 1.76. The summed E-state index contributed by atoms with van der Waals surface area (Å²) in [4.78, 5) is 12.2. The summed E-state index contributed by atoms with van der Waals surface area (Å²) in [5.74, 6) is 0.217. The van der Waals surface area contributed by atoms with Crippen LogP contribution in [0.4, 0.5) is 5.69 Å². The molecule has 110 valence electrons. The molecule has 1 aromatic heterocycles. The van der Waals surface area contributed by atoms with Crippen molar-refractivity contribution in [1.29, 1.82) is 0 Å². The smallest absolute Gasteiger partial charge is 0.255 e. The van der Waals surface area contributed by atoms with Gasteiger partial charge >= 0.3 is 0 Å². The fraction of sp³-hybridized carbons (Fsp3) is 0. The van der Waals surface area contributed by atoms with Crippen LogP contribution in [0.5, 0.6) is 0 Å². The first kappa shape index (κ1) is 14.5. The molecule has 0 aliphatic heterocycles. The predicted molar refractivity (Wildman–Crippen MR) is 84.0 cm³/mol. The van der Waals surface area contributed by atoms with Gasteiger partial charge in [0.25, 0.3) is 5.91 Å². The van der Waals surface area contributed by atoms with Crippen LogP contribution in [0, 0.1) is 0 Å². The molecule has 0 aliphatic rings. The van der Waals surface area contributed by atoms with Crippen LogP contribution < -0.4 is 5.32 Å². The first-order chi connectivity index (χ1) is 10.6. The molecule has 0 saturated carbocycles. The van der Waals surface area contributed by atoms with Gasteiger partial charge in [0.2, 0.25) is 5.82 Å². The van der Waals surface area contributed by atoms with E-state index in [1.54, 1.807) is 42.5 Å². The molecule has 1 amide bonds. The van der Waals surface area contributed by atoms with Gasteiger partial charge in [0.15, 0.2) is 0 Å². The summed E-state index contributed by atoms with van der Waals surface area (Å²) in [6.45, 7) is 0. The number of carbonyl (C=O) groups is 1. The Labute approximate surface area is 135 Å². The number of halogens is 2. The van der Waals surface area contributed by atoms with Crippen molar-refractivity contribution in [3.8, 4) is 11.4 Å². The molecular weight excluding hydrogens is 325 g/mol. The Bertz CT molecular complexity index is 803. The first-order valence-corrected chi connectivity index (χ1v) is 6.99. The second kappa shape index (κ2) is 6.13. The van der Waals surface area contributed by atoms with Gasteiger partial charge in [-0.15, -0.1) is 10.2 Å². The number of anilines is 1. The van der Waals surface area contributed by atoms with Gasteiger partial charge in [-0.1, -0.05) is 35.3 Å². The van der Waals surface area contributed by atoms with Crippen molar-refractivity contribution in [1.82, 2.24) is 20.6 Å². The molecular formula is C14H9Cl2N5O. The Hall–Kier alpha value is -2.44. The van der Waals surface area contributed by atoms with Gasteiger partial charge in [-0.25, -0.2) is 0 Å². The van der Waals surface area contributed by atoms with Gasteiger partial charge in [-0.3, -0.25) is 4.79 Å². The number of nitrogens with zero attached hydrogens (tertiary/aromatic N) is 3. The molecule has 3 aromatic rings. The van der Waals surface area contributed by atoms with E-state index in [-0.39, 0.29) is 5.91 Å². The molecule has 0 bridgehead atoms. The number of hydrogen-bond acceptors (Lipinski definition) is 4. The van der Waals surface area contributed by atoms with E-state index in [1.807, 2.05) is 0 Å². The number of benzene rings is 2. The van der Waals surface area contributed by atoms with Gasteiger partial charge in [0, 0.05) is 16.8 Å². The van der Waals surface area contributed by atoms with Crippen molar-refractivity contribution in [2.45, 2.75) is 0 Å². The zero-order chi connectivity index (χ0) is 15.5. The van der Waals surface area contributed by atoms with Gasteiger partial charge in [-0.05, 0) is 35.5 Å². The van der Waals surface area contributed by atoms with E-state index in [2.05, 4.69) is 25.9 Å². The second-order valence-corrected chi connectivity index (χ2v) is 5.21. The Morgan fingerprint density at radius 2 is 1.82 bits per heavy atom. The lowest BCUT2D eigenvalue weighted by Crippen LogP contribution is -2.11. The summed E-state index contributed by atoms with van der Waals surface area (Å²) in [5, 5.41) is 17.2. The van der Waals surface area contributed by atoms with Gasteiger partial charge in [0.1, 0.15) is 0 Å². The maximum Gasteiger partial charge on any atom is 0.255 e. The van der Waals surface area contributed by atoms with Crippen LogP contribution in [0.2, 0.25) is 10.0 Å². The minimum atomic E-state index is -0.252. The lowest BCUT2D eigenvalue weighted by molar-refractivity contribution is 0.102. The number of amides is 1. The zero-order valence-electron chi connectivity index (χ0n) is 11.0. The number of nitrogens with one attached hydrogen (secondary N) is 2. The highest BCUT2D eigenvalue weighted by atomic mass is 35.5. The summed E-state index contributed by atoms with van der Waals surface area (Å²) in [7, 11) is 0. The molecule has 6 nitrogen and oxygen atoms in total. The van der Waals surface area contributed by atoms with Gasteiger partial charge in [-0.2, -0.15) is 5.21 Å². The van der Waals surface area contributed by atoms with E-state index >= 15 is 0 Å². The van der Waals surface area contributed by atoms with E-state index in [1.165, 1.54) is 0 Å². The van der Waals surface area contributed by atoms with E-state index in [0.717, 1.165) is 5.56 Å². The van der Waals surface area contributed by atoms with Crippen LogP contribution in [0.1, 0.15) is 10.4 Å². The maximum atomic E-state index is 12.2. The fourth-order valence-corrected chi connectivity index (χ4v) is 2.13. The monoisotopic (exact) mass is 333 g/mol. The molecule has 0 spiro atoms. The predicted octanol–water partition coefficient (Wildman–Crippen LogP) is 3.43. The van der Waals surface area contributed by atoms with Crippen LogP contribution in [-0.2, 0) is 0 Å². The molecule has 2 aromatic carbocycles. The van der Waals surface area contributed by atoms with Crippen molar-refractivity contribution in [3.63, 3.8) is 0 Å². The quantitative estimate of drug-likeness (QED) is 0.769. The van der Waals surface area contributed by atoms with E-state index in [9.17, 15) is 4.79 Å². The Morgan fingerprint density at radius 1 is 1.05 bits per heavy atom. The summed E-state index contributed by atoms with van der Waals surface area (Å²) in [5.41, 5.74) is 1.83. The number of tetrazole rings is 1. The van der Waals surface area contributed by atoms with Crippen molar-refractivity contribution < 1.29 is 4.79 Å². The minimum absolute atomic E-state index is 0.252. The molecule has 2 N–H and O–H groups in total. The summed E-state index contributed by atoms with van der Waals surface area (Å²) >= 11 is 11.8. The van der Waals surface area contributed by atoms with Gasteiger partial charge in [0.05, 0.1) is 10.0 Å². The normalized spacial score (nSPS) is 10.5. The molecule has 0 aliphatic carbocycles. The van der Waals surface area contributed by atoms with Crippen LogP contribution in [0.15, 0.2) is 42.5 Å². The summed E-state index contributed by atoms with van der Waals surface area (Å²) in [6, 6.07) is 11.7. The standard InChI is InChI=1S/C14H9Cl2N5O/c15-11-6-5-10(7-12(11)16)17-14(22)9-3-1-8(2-4-9)13-18-20-21-19-13/h1-7H,(H,17,22)(H,18,19,20,21). The van der Waals surface area contributed by atoms with Crippen molar-refractivity contribution in [2.24, 2.45) is 0 Å². The highest BCUT2D eigenvalue weighted by Gasteiger charge is 2.09. The Morgan fingerprint density at radius 3 is 2.45 bits per heavy atom. The SMILES string of the molecule is O=C(Nc1ccc(Cl)c(Cl)c1)c1ccc(-c2nn[nH]n2)cc1. The molecule has 8 heteroatoms. The molecule has 0 fully saturated rings. The van der Waals surface area contributed by atoms with Crippen molar-refractivity contribution >= 4 is 34.8 Å². The van der Waals surface area contributed by atoms with Crippen LogP contribution in [-0.4, -0.2) is 26.5 Å². The van der Waals surface area contributed by atoms with Crippen LogP contribution >= 0.6 is 23.2 Å². The van der Waals surface area contributed by atoms with Crippen molar-refractivity contribution in [3.05, 3.63) is 58.1 Å². The minimum Gasteiger partial charge on any atom is -0.322 e. The van der Waals surface area contributed by atoms with E-state index in [4.69, 9.17) is 23.2 Å². The maximum absolute atomic E-state index is 12.2. The van der Waals surface area contributed by atoms with Crippen molar-refractivity contribution in [2.75, 3.05) is 5.32 Å². The largest absolute Gasteiger partial charge is 0.322 e. The number of aromatic amines is 1. The van der Waals surface area contributed by atoms with Crippen LogP contribution in [0.25, 0.3) is 11.4 Å². The number of aromatic nitrogens is 4. The average molecular weight is 334 g/mol. The number of carbonyl (C=O) groups excluding carboxylic acids is 1. The highest BCUT2D eigenvalue weighted by Crippen LogP contribution is 2.25. The number of H-pyrrole nitrogens is 1. The average Bonchev–Trinajstić information content (AvgIpc) is 3.05. The van der Waals surface area contributed by atoms with Crippen LogP contribution in [0.3, 0.4) is 0 Å². The number of hydrogen-bond donors (Lipinski definition) is 2. The summed E-state index contributed by atoms with van der Waals surface area (Å²) in [6.07, 6.45) is 0. The Kier molecular flexibility index (Phi) is 4.04. The number of rotatable bonds is 3. The summed E-state index contributed by atoms with van der Waals surface area (Å²) < 4.78 is 0. The highest BCUT2D eigenvalue weighted by molar-refractivity contribution is 6.42. The molecule has 22 heavy (non-hydrogen) atoms. The molecule has 0 atom stereocenters. The van der Waals surface area contributed by atoms with E-state index in [0.29, 0.717) is 27.1 Å². The fourth-order valence-electron chi connectivity index (χ4n) is 1.83. The molecule has 1 heterocycles. The lowest BCUT2D eigenvalue weighted by atomic mass is 10.1. The molecule has 3 rings (SSSR count).